The molecular weight excluding hydrogens is 1010 g/mol. The van der Waals surface area contributed by atoms with Gasteiger partial charge in [0.25, 0.3) is 17.7 Å². The first-order valence-electron chi connectivity index (χ1n) is 20.0. The van der Waals surface area contributed by atoms with Gasteiger partial charge in [-0.2, -0.15) is 39.5 Å². The number of aryl methyl sites for hydroxylation is 3. The molecule has 3 amide bonds. The van der Waals surface area contributed by atoms with Crippen molar-refractivity contribution in [1.82, 2.24) is 30.9 Å². The van der Waals surface area contributed by atoms with Crippen molar-refractivity contribution < 1.29 is 96.9 Å². The molecule has 6 bridgehead atoms. The summed E-state index contributed by atoms with van der Waals surface area (Å²) in [5.41, 5.74) is 32.8. The van der Waals surface area contributed by atoms with Gasteiger partial charge in [-0.3, -0.25) is 29.4 Å². The number of halogens is 9. The van der Waals surface area contributed by atoms with Gasteiger partial charge in [0.1, 0.15) is 35.4 Å². The van der Waals surface area contributed by atoms with Crippen LogP contribution in [0.4, 0.5) is 39.5 Å². The number of carboxylic acids is 3. The van der Waals surface area contributed by atoms with E-state index in [1.54, 1.807) is 20.8 Å². The van der Waals surface area contributed by atoms with E-state index in [9.17, 15) is 53.9 Å². The van der Waals surface area contributed by atoms with Crippen molar-refractivity contribution in [2.45, 2.75) is 96.0 Å². The number of carbonyl (C=O) groups excluding carboxylic acids is 3. The zero-order valence-electron chi connectivity index (χ0n) is 37.7. The van der Waals surface area contributed by atoms with Crippen LogP contribution in [0.15, 0.2) is 28.2 Å². The number of carboxylic acid groups (broad SMARTS) is 3. The Bertz CT molecular complexity index is 2170. The second-order valence-corrected chi connectivity index (χ2v) is 14.2. The molecule has 0 unspecified atom stereocenters. The number of oxazole rings is 3. The number of nitrogens with zero attached hydrogens (tertiary/aromatic N) is 6. The highest BCUT2D eigenvalue weighted by molar-refractivity contribution is 5.95. The van der Waals surface area contributed by atoms with Gasteiger partial charge in [-0.1, -0.05) is 0 Å². The minimum absolute atomic E-state index is 0.0338. The summed E-state index contributed by atoms with van der Waals surface area (Å²) in [5, 5.41) is 30.0. The summed E-state index contributed by atoms with van der Waals surface area (Å²) in [6.45, 7) is 5.48. The number of guanidine groups is 3. The summed E-state index contributed by atoms with van der Waals surface area (Å²) in [6, 6.07) is -2.48. The number of amides is 3. The number of carbonyl (C=O) groups is 6. The summed E-state index contributed by atoms with van der Waals surface area (Å²) in [5.74, 6) is -9.56. The minimum Gasteiger partial charge on any atom is -0.475 e. The van der Waals surface area contributed by atoms with Crippen LogP contribution < -0.4 is 50.4 Å². The third kappa shape index (κ3) is 21.5. The fourth-order valence-corrected chi connectivity index (χ4v) is 5.29. The predicted molar refractivity (Wildman–Crippen MR) is 225 cm³/mol. The van der Waals surface area contributed by atoms with E-state index in [4.69, 9.17) is 77.4 Å². The Labute approximate surface area is 398 Å². The van der Waals surface area contributed by atoms with Crippen LogP contribution in [-0.2, 0) is 14.4 Å². The first kappa shape index (κ1) is 61.6. The van der Waals surface area contributed by atoms with Crippen molar-refractivity contribution in [3.63, 3.8) is 0 Å². The van der Waals surface area contributed by atoms with Crippen LogP contribution >= 0.6 is 0 Å². The first-order chi connectivity index (χ1) is 33.1. The van der Waals surface area contributed by atoms with Gasteiger partial charge in [0.15, 0.2) is 35.0 Å². The van der Waals surface area contributed by atoms with Gasteiger partial charge in [0.05, 0.1) is 0 Å². The van der Waals surface area contributed by atoms with Gasteiger partial charge in [-0.15, -0.1) is 0 Å². The molecule has 4 heterocycles. The van der Waals surface area contributed by atoms with Crippen molar-refractivity contribution in [3.05, 3.63) is 52.0 Å². The highest BCUT2D eigenvalue weighted by atomic mass is 19.4. The highest BCUT2D eigenvalue weighted by Crippen LogP contribution is 2.28. The first-order valence-corrected chi connectivity index (χ1v) is 20.0. The van der Waals surface area contributed by atoms with E-state index in [1.807, 2.05) is 0 Å². The average molecular weight is 1050 g/mol. The lowest BCUT2D eigenvalue weighted by Crippen LogP contribution is -2.32. The third-order valence-electron chi connectivity index (χ3n) is 8.46. The summed E-state index contributed by atoms with van der Waals surface area (Å²) < 4.78 is 113. The lowest BCUT2D eigenvalue weighted by Gasteiger charge is -2.16. The standard InChI is InChI=1S/C30H45N15O6.3C2HF3O2/c1-13-19-22(46)40-17(8-5-11-38-29(33)34)26-44-21(15(3)50-26)24(48)42-18(9-6-12-39-30(35)36)27-45-20(14(2)51-27)23(47)41-16(25(43-19)49-13)7-4-10-37-28(31)32;3*3-2(4,5)1(6)7/h16-18H,4-12H2,1-3H3,(H,40,46)(H,41,47)(H,42,48)(H4,31,32,37)(H4,33,34,38)(H4,35,36,39);3*(H,6,7)/t16-,17-,18-;;;/m0.../s1. The van der Waals surface area contributed by atoms with Gasteiger partial charge in [0, 0.05) is 19.6 Å². The molecule has 3 aromatic heterocycles. The van der Waals surface area contributed by atoms with Crippen LogP contribution in [0.3, 0.4) is 0 Å². The number of fused-ring (bicyclic) bond motifs is 6. The van der Waals surface area contributed by atoms with Crippen molar-refractivity contribution in [2.24, 2.45) is 49.4 Å². The van der Waals surface area contributed by atoms with Gasteiger partial charge in [-0.25, -0.2) is 29.3 Å². The van der Waals surface area contributed by atoms with E-state index in [1.165, 1.54) is 0 Å². The van der Waals surface area contributed by atoms with Gasteiger partial charge < -0.3 is 78.9 Å². The quantitative estimate of drug-likeness (QED) is 0.0527. The molecule has 72 heavy (non-hydrogen) atoms. The molecule has 0 spiro atoms. The fraction of sp³-hybridized carbons (Fsp3) is 0.500. The van der Waals surface area contributed by atoms with Crippen LogP contribution in [0.5, 0.6) is 0 Å². The van der Waals surface area contributed by atoms with E-state index >= 15 is 0 Å². The Kier molecular flexibility index (Phi) is 23.2. The number of rotatable bonds is 12. The molecule has 0 radical (unpaired) electrons. The molecule has 0 aromatic carbocycles. The molecule has 0 fully saturated rings. The minimum atomic E-state index is -5.08. The number of alkyl halides is 9. The van der Waals surface area contributed by atoms with Gasteiger partial charge >= 0.3 is 36.4 Å². The Hall–Kier alpha value is -8.37. The Balaban J connectivity index is 0.00000103. The molecule has 402 valence electrons. The summed E-state index contributed by atoms with van der Waals surface area (Å²) in [4.78, 5) is 93.2. The summed E-state index contributed by atoms with van der Waals surface area (Å²) in [7, 11) is 0. The maximum absolute atomic E-state index is 13.7. The largest absolute Gasteiger partial charge is 0.490 e. The highest BCUT2D eigenvalue weighted by Gasteiger charge is 2.40. The maximum Gasteiger partial charge on any atom is 0.490 e. The number of nitrogens with two attached hydrogens (primary N) is 6. The number of aliphatic carboxylic acids is 3. The van der Waals surface area contributed by atoms with E-state index in [-0.39, 0.29) is 109 Å². The van der Waals surface area contributed by atoms with Gasteiger partial charge in [0.2, 0.25) is 17.7 Å². The molecule has 0 saturated heterocycles. The number of aromatic nitrogens is 3. The number of hydrogen-bond donors (Lipinski definition) is 12. The monoisotopic (exact) mass is 1050 g/mol. The lowest BCUT2D eigenvalue weighted by atomic mass is 10.1. The summed E-state index contributed by atoms with van der Waals surface area (Å²) >= 11 is 0. The number of nitrogens with one attached hydrogen (secondary N) is 3. The lowest BCUT2D eigenvalue weighted by molar-refractivity contribution is -0.193. The van der Waals surface area contributed by atoms with Crippen LogP contribution in [0.2, 0.25) is 0 Å². The van der Waals surface area contributed by atoms with E-state index in [0.29, 0.717) is 19.3 Å². The average Bonchev–Trinajstić information content (AvgIpc) is 3.96. The topological polar surface area (TPSA) is 470 Å². The van der Waals surface area contributed by atoms with Crippen molar-refractivity contribution in [1.29, 1.82) is 0 Å². The van der Waals surface area contributed by atoms with Crippen LogP contribution in [0, 0.1) is 20.8 Å². The van der Waals surface area contributed by atoms with E-state index < -0.39 is 72.3 Å². The maximum atomic E-state index is 13.7. The predicted octanol–water partition coefficient (Wildman–Crippen LogP) is 1.36. The smallest absolute Gasteiger partial charge is 0.475 e. The molecule has 36 heteroatoms. The number of hydrogen-bond acceptors (Lipinski definition) is 15. The Morgan fingerprint density at radius 1 is 0.486 bits per heavy atom. The van der Waals surface area contributed by atoms with Crippen molar-refractivity contribution >= 4 is 53.5 Å². The van der Waals surface area contributed by atoms with Crippen LogP contribution in [0.25, 0.3) is 0 Å². The molecule has 1 aliphatic heterocycles. The Morgan fingerprint density at radius 2 is 0.681 bits per heavy atom. The molecular formula is C36H48F9N15O12. The molecule has 1 aliphatic rings. The molecule has 4 rings (SSSR count). The van der Waals surface area contributed by atoms with Crippen molar-refractivity contribution in [3.8, 4) is 0 Å². The number of aliphatic imine (C=N–C) groups is 3. The van der Waals surface area contributed by atoms with E-state index in [2.05, 4.69) is 45.9 Å². The fourth-order valence-electron chi connectivity index (χ4n) is 5.29. The zero-order chi connectivity index (χ0) is 55.5. The third-order valence-corrected chi connectivity index (χ3v) is 8.46. The molecule has 0 saturated carbocycles. The molecule has 27 nitrogen and oxygen atoms in total. The summed E-state index contributed by atoms with van der Waals surface area (Å²) in [6.07, 6.45) is -13.2. The zero-order valence-corrected chi connectivity index (χ0v) is 37.7. The van der Waals surface area contributed by atoms with Crippen LogP contribution in [-0.4, -0.2) is 122 Å². The van der Waals surface area contributed by atoms with E-state index in [0.717, 1.165) is 0 Å². The normalized spacial score (nSPS) is 15.8. The van der Waals surface area contributed by atoms with Crippen molar-refractivity contribution in [2.75, 3.05) is 19.6 Å². The second-order valence-electron chi connectivity index (χ2n) is 14.2. The SMILES string of the molecule is Cc1oc2nc1C(=O)N[C@@H](CCCN=C(N)N)c1nc(c(C)o1)C(=O)N[C@@H](CCCN=C(N)N)c1nc(c(C)o1)C(=O)N[C@H]2CCCN=C(N)N.O=C(O)C(F)(F)F.O=C(O)C(F)(F)F.O=C(O)C(F)(F)F. The molecule has 3 atom stereocenters. The molecule has 0 aliphatic carbocycles. The second kappa shape index (κ2) is 27.1. The molecule has 18 N–H and O–H groups in total. The Morgan fingerprint density at radius 3 is 0.847 bits per heavy atom. The van der Waals surface area contributed by atoms with Gasteiger partial charge in [-0.05, 0) is 59.3 Å². The molecule has 3 aromatic rings. The van der Waals surface area contributed by atoms with Crippen LogP contribution in [0.1, 0.15) is 123 Å².